The van der Waals surface area contributed by atoms with Crippen molar-refractivity contribution in [3.05, 3.63) is 57.6 Å². The molecule has 6 nitrogen and oxygen atoms in total. The largest absolute Gasteiger partial charge is 0.500 e. The summed E-state index contributed by atoms with van der Waals surface area (Å²) < 4.78 is 5.23. The molecule has 0 aliphatic rings. The molecule has 22 heavy (non-hydrogen) atoms. The molecule has 0 aliphatic carbocycles. The third-order valence-electron chi connectivity index (χ3n) is 3.04. The van der Waals surface area contributed by atoms with Crippen molar-refractivity contribution in [3.8, 4) is 11.5 Å². The van der Waals surface area contributed by atoms with Crippen molar-refractivity contribution in [1.29, 1.82) is 0 Å². The van der Waals surface area contributed by atoms with E-state index in [4.69, 9.17) is 4.74 Å². The molecule has 0 fully saturated rings. The van der Waals surface area contributed by atoms with Crippen LogP contribution in [0.5, 0.6) is 11.5 Å². The third kappa shape index (κ3) is 3.41. The molecule has 0 amide bonds. The number of nitrogens with zero attached hydrogens (tertiary/aromatic N) is 2. The van der Waals surface area contributed by atoms with Crippen molar-refractivity contribution in [1.82, 2.24) is 0 Å². The number of nitro groups is 1. The van der Waals surface area contributed by atoms with Gasteiger partial charge in [-0.05, 0) is 31.5 Å². The van der Waals surface area contributed by atoms with Gasteiger partial charge in [0.05, 0.1) is 17.2 Å². The Bertz CT molecular complexity index is 726. The Morgan fingerprint density at radius 2 is 2.09 bits per heavy atom. The predicted octanol–water partition coefficient (Wildman–Crippen LogP) is 3.76. The normalized spacial score (nSPS) is 10.8. The molecule has 2 aromatic carbocycles. The maximum atomic E-state index is 11.0. The summed E-state index contributed by atoms with van der Waals surface area (Å²) in [6.07, 6.45) is 1.51. The van der Waals surface area contributed by atoms with Crippen LogP contribution in [0.3, 0.4) is 0 Å². The van der Waals surface area contributed by atoms with Crippen LogP contribution in [0.2, 0.25) is 0 Å². The van der Waals surface area contributed by atoms with Crippen molar-refractivity contribution in [2.75, 3.05) is 6.61 Å². The number of aryl methyl sites for hydroxylation is 1. The lowest BCUT2D eigenvalue weighted by Gasteiger charge is -2.07. The summed E-state index contributed by atoms with van der Waals surface area (Å²) in [5.41, 5.74) is 1.85. The molecule has 0 heterocycles. The molecule has 114 valence electrons. The summed E-state index contributed by atoms with van der Waals surface area (Å²) in [5, 5.41) is 20.8. The number of ether oxygens (including phenoxy) is 1. The topological polar surface area (TPSA) is 85.0 Å². The number of benzene rings is 2. The molecule has 2 aromatic rings. The first-order chi connectivity index (χ1) is 10.5. The molecule has 0 radical (unpaired) electrons. The van der Waals surface area contributed by atoms with E-state index in [2.05, 4.69) is 4.99 Å². The van der Waals surface area contributed by atoms with E-state index >= 15 is 0 Å². The lowest BCUT2D eigenvalue weighted by molar-refractivity contribution is -0.386. The fourth-order valence-electron chi connectivity index (χ4n) is 1.95. The Kier molecular flexibility index (Phi) is 4.73. The van der Waals surface area contributed by atoms with Crippen LogP contribution in [-0.4, -0.2) is 22.9 Å². The van der Waals surface area contributed by atoms with Gasteiger partial charge in [0.25, 0.3) is 0 Å². The van der Waals surface area contributed by atoms with Gasteiger partial charge in [0, 0.05) is 17.8 Å². The fraction of sp³-hybridized carbons (Fsp3) is 0.188. The number of phenolic OH excluding ortho intramolecular Hbond substituents is 1. The number of aromatic hydroxyl groups is 1. The second-order valence-corrected chi connectivity index (χ2v) is 4.62. The summed E-state index contributed by atoms with van der Waals surface area (Å²) >= 11 is 0. The lowest BCUT2D eigenvalue weighted by atomic mass is 10.1. The van der Waals surface area contributed by atoms with Crippen molar-refractivity contribution in [2.45, 2.75) is 13.8 Å². The minimum absolute atomic E-state index is 0.0722. The molecule has 1 N–H and O–H groups in total. The van der Waals surface area contributed by atoms with E-state index < -0.39 is 16.4 Å². The van der Waals surface area contributed by atoms with Crippen molar-refractivity contribution in [3.63, 3.8) is 0 Å². The van der Waals surface area contributed by atoms with Gasteiger partial charge in [-0.15, -0.1) is 0 Å². The minimum atomic E-state index is -0.650. The van der Waals surface area contributed by atoms with Crippen molar-refractivity contribution >= 4 is 17.6 Å². The smallest absolute Gasteiger partial charge is 0.315 e. The van der Waals surface area contributed by atoms with Crippen LogP contribution in [-0.2, 0) is 0 Å². The molecule has 0 aliphatic heterocycles. The quantitative estimate of drug-likeness (QED) is 0.517. The van der Waals surface area contributed by atoms with Gasteiger partial charge in [-0.2, -0.15) is 0 Å². The Morgan fingerprint density at radius 3 is 2.73 bits per heavy atom. The van der Waals surface area contributed by atoms with Crippen molar-refractivity contribution < 1.29 is 14.8 Å². The molecule has 0 bridgehead atoms. The predicted molar refractivity (Wildman–Crippen MR) is 84.4 cm³/mol. The highest BCUT2D eigenvalue weighted by molar-refractivity contribution is 5.85. The maximum absolute atomic E-state index is 11.0. The second kappa shape index (κ2) is 6.71. The van der Waals surface area contributed by atoms with Gasteiger partial charge < -0.3 is 9.84 Å². The van der Waals surface area contributed by atoms with Gasteiger partial charge in [0.15, 0.2) is 5.75 Å². The van der Waals surface area contributed by atoms with Gasteiger partial charge >= 0.3 is 5.69 Å². The average molecular weight is 300 g/mol. The summed E-state index contributed by atoms with van der Waals surface area (Å²) in [5.74, 6) is -0.400. The van der Waals surface area contributed by atoms with E-state index in [1.165, 1.54) is 18.3 Å². The number of phenols is 1. The van der Waals surface area contributed by atoms with Crippen LogP contribution >= 0.6 is 0 Å². The SMILES string of the molecule is CCOc1cc(C=Nc2ccccc2C)cc([N+](=O)[O-])c1O. The van der Waals surface area contributed by atoms with Gasteiger partial charge in [0.2, 0.25) is 5.75 Å². The van der Waals surface area contributed by atoms with E-state index in [1.54, 1.807) is 6.92 Å². The first-order valence-corrected chi connectivity index (χ1v) is 6.76. The first kappa shape index (κ1) is 15.5. The van der Waals surface area contributed by atoms with Gasteiger partial charge in [-0.1, -0.05) is 18.2 Å². The number of rotatable bonds is 5. The zero-order valence-corrected chi connectivity index (χ0v) is 12.3. The molecule has 0 aromatic heterocycles. The molecule has 2 rings (SSSR count). The molecule has 0 atom stereocenters. The van der Waals surface area contributed by atoms with Crippen LogP contribution in [0.25, 0.3) is 0 Å². The molecule has 6 heteroatoms. The minimum Gasteiger partial charge on any atom is -0.500 e. The van der Waals surface area contributed by atoms with Crippen molar-refractivity contribution in [2.24, 2.45) is 4.99 Å². The van der Waals surface area contributed by atoms with E-state index in [0.29, 0.717) is 12.2 Å². The molecule has 0 saturated carbocycles. The number of hydrogen-bond donors (Lipinski definition) is 1. The first-order valence-electron chi connectivity index (χ1n) is 6.76. The summed E-state index contributed by atoms with van der Waals surface area (Å²) in [7, 11) is 0. The Balaban J connectivity index is 2.42. The zero-order valence-electron chi connectivity index (χ0n) is 12.3. The monoisotopic (exact) mass is 300 g/mol. The van der Waals surface area contributed by atoms with Crippen LogP contribution in [0.15, 0.2) is 41.4 Å². The number of para-hydroxylation sites is 1. The Hall–Kier alpha value is -2.89. The molecule has 0 spiro atoms. The van der Waals surface area contributed by atoms with E-state index in [-0.39, 0.29) is 5.75 Å². The van der Waals surface area contributed by atoms with Gasteiger partial charge in [-0.3, -0.25) is 15.1 Å². The summed E-state index contributed by atoms with van der Waals surface area (Å²) in [6, 6.07) is 10.3. The fourth-order valence-corrected chi connectivity index (χ4v) is 1.95. The van der Waals surface area contributed by atoms with E-state index in [9.17, 15) is 15.2 Å². The summed E-state index contributed by atoms with van der Waals surface area (Å²) in [6.45, 7) is 3.96. The standard InChI is InChI=1S/C16H16N2O4/c1-3-22-15-9-12(8-14(16(15)19)18(20)21)10-17-13-7-5-4-6-11(13)2/h4-10,19H,3H2,1-2H3. The molecular weight excluding hydrogens is 284 g/mol. The number of hydrogen-bond acceptors (Lipinski definition) is 5. The Morgan fingerprint density at radius 1 is 1.36 bits per heavy atom. The summed E-state index contributed by atoms with van der Waals surface area (Å²) in [4.78, 5) is 14.7. The van der Waals surface area contributed by atoms with Crippen LogP contribution in [0.1, 0.15) is 18.1 Å². The van der Waals surface area contributed by atoms with E-state index in [0.717, 1.165) is 11.3 Å². The molecule has 0 saturated heterocycles. The lowest BCUT2D eigenvalue weighted by Crippen LogP contribution is -1.97. The molecular formula is C16H16N2O4. The highest BCUT2D eigenvalue weighted by Crippen LogP contribution is 2.36. The second-order valence-electron chi connectivity index (χ2n) is 4.62. The van der Waals surface area contributed by atoms with Crippen LogP contribution in [0, 0.1) is 17.0 Å². The Labute approximate surface area is 127 Å². The molecule has 0 unspecified atom stereocenters. The highest BCUT2D eigenvalue weighted by Gasteiger charge is 2.19. The van der Waals surface area contributed by atoms with Crippen LogP contribution < -0.4 is 4.74 Å². The van der Waals surface area contributed by atoms with Crippen LogP contribution in [0.4, 0.5) is 11.4 Å². The average Bonchev–Trinajstić information content (AvgIpc) is 2.49. The number of aliphatic imine (C=N–C) groups is 1. The van der Waals surface area contributed by atoms with E-state index in [1.807, 2.05) is 31.2 Å². The zero-order chi connectivity index (χ0) is 16.1. The van der Waals surface area contributed by atoms with Gasteiger partial charge in [0.1, 0.15) is 0 Å². The maximum Gasteiger partial charge on any atom is 0.315 e. The third-order valence-corrected chi connectivity index (χ3v) is 3.04. The number of nitro benzene ring substituents is 1. The van der Waals surface area contributed by atoms with Gasteiger partial charge in [-0.25, -0.2) is 0 Å². The highest BCUT2D eigenvalue weighted by atomic mass is 16.6.